The normalized spacial score (nSPS) is 18.0. The second-order valence-electron chi connectivity index (χ2n) is 5.20. The molecular formula is C17H18N2O3. The topological polar surface area (TPSA) is 60.5 Å². The van der Waals surface area contributed by atoms with Gasteiger partial charge in [-0.05, 0) is 19.1 Å². The fourth-order valence-corrected chi connectivity index (χ4v) is 2.24. The summed E-state index contributed by atoms with van der Waals surface area (Å²) in [7, 11) is 0. The van der Waals surface area contributed by atoms with E-state index < -0.39 is 6.10 Å². The number of nitrogens with zero attached hydrogens (tertiary/aromatic N) is 1. The third-order valence-corrected chi connectivity index (χ3v) is 3.46. The third kappa shape index (κ3) is 3.50. The molecule has 0 aliphatic carbocycles. The van der Waals surface area contributed by atoms with Crippen molar-refractivity contribution in [2.24, 2.45) is 0 Å². The number of carbonyl (C=O) groups is 1. The Labute approximate surface area is 129 Å². The fourth-order valence-electron chi connectivity index (χ4n) is 2.24. The maximum atomic E-state index is 12.1. The third-order valence-electron chi connectivity index (χ3n) is 3.46. The minimum absolute atomic E-state index is 0.228. The van der Waals surface area contributed by atoms with Crippen LogP contribution in [0.5, 0.6) is 0 Å². The van der Waals surface area contributed by atoms with Gasteiger partial charge in [0.25, 0.3) is 5.91 Å². The molecule has 2 heterocycles. The monoisotopic (exact) mass is 298 g/mol. The van der Waals surface area contributed by atoms with Crippen LogP contribution < -0.4 is 5.32 Å². The summed E-state index contributed by atoms with van der Waals surface area (Å²) >= 11 is 0. The number of aromatic nitrogens is 1. The molecule has 0 spiro atoms. The van der Waals surface area contributed by atoms with Crippen molar-refractivity contribution in [2.75, 3.05) is 25.1 Å². The molecular weight excluding hydrogens is 280 g/mol. The first-order chi connectivity index (χ1) is 10.7. The van der Waals surface area contributed by atoms with Crippen LogP contribution in [0.1, 0.15) is 5.56 Å². The van der Waals surface area contributed by atoms with Crippen molar-refractivity contribution in [3.63, 3.8) is 0 Å². The number of rotatable bonds is 3. The molecule has 1 aromatic carbocycles. The lowest BCUT2D eigenvalue weighted by Gasteiger charge is -2.21. The van der Waals surface area contributed by atoms with E-state index in [9.17, 15) is 4.79 Å². The molecule has 1 aliphatic heterocycles. The SMILES string of the molecule is Cc1ccc(-c2cccc(NC(=O)C3COCCO3)n2)cc1. The first kappa shape index (κ1) is 14.7. The molecule has 114 valence electrons. The summed E-state index contributed by atoms with van der Waals surface area (Å²) in [5.41, 5.74) is 3.03. The summed E-state index contributed by atoms with van der Waals surface area (Å²) in [5, 5.41) is 2.78. The Bertz CT molecular complexity index is 649. The van der Waals surface area contributed by atoms with Crippen LogP contribution in [-0.4, -0.2) is 36.8 Å². The first-order valence-electron chi connectivity index (χ1n) is 7.27. The van der Waals surface area contributed by atoms with E-state index in [0.29, 0.717) is 19.0 Å². The van der Waals surface area contributed by atoms with Crippen molar-refractivity contribution < 1.29 is 14.3 Å². The number of hydrogen-bond acceptors (Lipinski definition) is 4. The molecule has 1 amide bonds. The molecule has 0 bridgehead atoms. The van der Waals surface area contributed by atoms with E-state index in [2.05, 4.69) is 10.3 Å². The van der Waals surface area contributed by atoms with Crippen molar-refractivity contribution >= 4 is 11.7 Å². The molecule has 2 aromatic rings. The zero-order chi connectivity index (χ0) is 15.4. The van der Waals surface area contributed by atoms with E-state index >= 15 is 0 Å². The second kappa shape index (κ2) is 6.68. The highest BCUT2D eigenvalue weighted by molar-refractivity contribution is 5.93. The molecule has 0 radical (unpaired) electrons. The maximum absolute atomic E-state index is 12.1. The number of hydrogen-bond donors (Lipinski definition) is 1. The number of aryl methyl sites for hydroxylation is 1. The largest absolute Gasteiger partial charge is 0.376 e. The summed E-state index contributed by atoms with van der Waals surface area (Å²) in [6.45, 7) is 3.30. The van der Waals surface area contributed by atoms with E-state index in [1.54, 1.807) is 6.07 Å². The highest BCUT2D eigenvalue weighted by atomic mass is 16.6. The number of ether oxygens (including phenoxy) is 2. The maximum Gasteiger partial charge on any atom is 0.257 e. The lowest BCUT2D eigenvalue weighted by atomic mass is 10.1. The van der Waals surface area contributed by atoms with Crippen LogP contribution in [0.15, 0.2) is 42.5 Å². The van der Waals surface area contributed by atoms with Gasteiger partial charge in [0, 0.05) is 5.56 Å². The number of amides is 1. The van der Waals surface area contributed by atoms with Gasteiger partial charge in [0.2, 0.25) is 0 Å². The summed E-state index contributed by atoms with van der Waals surface area (Å²) in [6.07, 6.45) is -0.571. The molecule has 1 aliphatic rings. The van der Waals surface area contributed by atoms with Crippen LogP contribution >= 0.6 is 0 Å². The Kier molecular flexibility index (Phi) is 4.46. The zero-order valence-electron chi connectivity index (χ0n) is 12.4. The molecule has 3 rings (SSSR count). The van der Waals surface area contributed by atoms with Crippen molar-refractivity contribution in [3.05, 3.63) is 48.0 Å². The van der Waals surface area contributed by atoms with Gasteiger partial charge in [0.1, 0.15) is 5.82 Å². The molecule has 1 atom stereocenters. The van der Waals surface area contributed by atoms with Crippen LogP contribution in [0.2, 0.25) is 0 Å². The van der Waals surface area contributed by atoms with Gasteiger partial charge < -0.3 is 14.8 Å². The second-order valence-corrected chi connectivity index (χ2v) is 5.20. The van der Waals surface area contributed by atoms with Crippen molar-refractivity contribution in [3.8, 4) is 11.3 Å². The molecule has 1 aromatic heterocycles. The highest BCUT2D eigenvalue weighted by Gasteiger charge is 2.22. The molecule has 22 heavy (non-hydrogen) atoms. The molecule has 0 saturated carbocycles. The standard InChI is InChI=1S/C17H18N2O3/c1-12-5-7-13(8-6-12)14-3-2-4-16(18-14)19-17(20)15-11-21-9-10-22-15/h2-8,15H,9-11H2,1H3,(H,18,19,20). The number of carbonyl (C=O) groups excluding carboxylic acids is 1. The fraction of sp³-hybridized carbons (Fsp3) is 0.294. The zero-order valence-corrected chi connectivity index (χ0v) is 12.4. The van der Waals surface area contributed by atoms with Gasteiger partial charge in [-0.25, -0.2) is 4.98 Å². The van der Waals surface area contributed by atoms with Gasteiger partial charge in [0.15, 0.2) is 6.10 Å². The van der Waals surface area contributed by atoms with E-state index in [1.807, 2.05) is 43.3 Å². The van der Waals surface area contributed by atoms with Gasteiger partial charge in [-0.1, -0.05) is 35.9 Å². The number of benzene rings is 1. The van der Waals surface area contributed by atoms with Gasteiger partial charge in [0.05, 0.1) is 25.5 Å². The van der Waals surface area contributed by atoms with Crippen LogP contribution in [0.4, 0.5) is 5.82 Å². The minimum atomic E-state index is -0.571. The molecule has 1 unspecified atom stereocenters. The summed E-state index contributed by atoms with van der Waals surface area (Å²) < 4.78 is 10.6. The van der Waals surface area contributed by atoms with Crippen molar-refractivity contribution in [2.45, 2.75) is 13.0 Å². The van der Waals surface area contributed by atoms with Crippen LogP contribution in [0.25, 0.3) is 11.3 Å². The lowest BCUT2D eigenvalue weighted by Crippen LogP contribution is -2.39. The van der Waals surface area contributed by atoms with Gasteiger partial charge >= 0.3 is 0 Å². The quantitative estimate of drug-likeness (QED) is 0.945. The molecule has 1 saturated heterocycles. The minimum Gasteiger partial charge on any atom is -0.376 e. The number of pyridine rings is 1. The smallest absolute Gasteiger partial charge is 0.257 e. The summed E-state index contributed by atoms with van der Waals surface area (Å²) in [6, 6.07) is 13.7. The molecule has 5 nitrogen and oxygen atoms in total. The molecule has 1 fully saturated rings. The highest BCUT2D eigenvalue weighted by Crippen LogP contribution is 2.19. The lowest BCUT2D eigenvalue weighted by molar-refractivity contribution is -0.142. The predicted molar refractivity (Wildman–Crippen MR) is 83.6 cm³/mol. The van der Waals surface area contributed by atoms with Crippen LogP contribution in [0.3, 0.4) is 0 Å². The van der Waals surface area contributed by atoms with E-state index in [4.69, 9.17) is 9.47 Å². The van der Waals surface area contributed by atoms with E-state index in [-0.39, 0.29) is 12.5 Å². The Morgan fingerprint density at radius 3 is 2.73 bits per heavy atom. The average Bonchev–Trinajstić information content (AvgIpc) is 2.56. The van der Waals surface area contributed by atoms with Gasteiger partial charge in [-0.2, -0.15) is 0 Å². The average molecular weight is 298 g/mol. The Balaban J connectivity index is 1.73. The van der Waals surface area contributed by atoms with Gasteiger partial charge in [-0.3, -0.25) is 4.79 Å². The van der Waals surface area contributed by atoms with E-state index in [0.717, 1.165) is 11.3 Å². The van der Waals surface area contributed by atoms with Crippen LogP contribution in [0, 0.1) is 6.92 Å². The number of nitrogens with one attached hydrogen (secondary N) is 1. The van der Waals surface area contributed by atoms with Gasteiger partial charge in [-0.15, -0.1) is 0 Å². The Hall–Kier alpha value is -2.24. The van der Waals surface area contributed by atoms with Crippen molar-refractivity contribution in [1.29, 1.82) is 0 Å². The summed E-state index contributed by atoms with van der Waals surface area (Å²) in [5.74, 6) is 0.283. The molecule has 1 N–H and O–H groups in total. The van der Waals surface area contributed by atoms with Crippen molar-refractivity contribution in [1.82, 2.24) is 4.98 Å². The predicted octanol–water partition coefficient (Wildman–Crippen LogP) is 2.41. The Morgan fingerprint density at radius 2 is 2.00 bits per heavy atom. The number of anilines is 1. The van der Waals surface area contributed by atoms with E-state index in [1.165, 1.54) is 5.56 Å². The Morgan fingerprint density at radius 1 is 1.18 bits per heavy atom. The first-order valence-corrected chi connectivity index (χ1v) is 7.27. The van der Waals surface area contributed by atoms with Crippen LogP contribution in [-0.2, 0) is 14.3 Å². The molecule has 5 heteroatoms. The summed E-state index contributed by atoms with van der Waals surface area (Å²) in [4.78, 5) is 16.6.